The second kappa shape index (κ2) is 8.40. The summed E-state index contributed by atoms with van der Waals surface area (Å²) in [6.07, 6.45) is 6.33. The monoisotopic (exact) mass is 446 g/mol. The molecule has 1 aromatic carbocycles. The molecule has 1 saturated carbocycles. The van der Waals surface area contributed by atoms with Crippen LogP contribution in [0.3, 0.4) is 0 Å². The summed E-state index contributed by atoms with van der Waals surface area (Å²) < 4.78 is 25.7. The topological polar surface area (TPSA) is 96.1 Å². The van der Waals surface area contributed by atoms with Crippen molar-refractivity contribution in [2.45, 2.75) is 54.7 Å². The van der Waals surface area contributed by atoms with E-state index in [1.165, 1.54) is 6.07 Å². The molecule has 1 aromatic heterocycles. The van der Waals surface area contributed by atoms with Crippen molar-refractivity contribution < 1.29 is 13.2 Å². The van der Waals surface area contributed by atoms with Gasteiger partial charge in [-0.2, -0.15) is 0 Å². The molecule has 2 fully saturated rings. The van der Waals surface area contributed by atoms with Crippen LogP contribution in [0.15, 0.2) is 52.2 Å². The average Bonchev–Trinajstić information content (AvgIpc) is 3.41. The fourth-order valence-electron chi connectivity index (χ4n) is 4.13. The van der Waals surface area contributed by atoms with E-state index in [4.69, 9.17) is 11.6 Å². The predicted molar refractivity (Wildman–Crippen MR) is 116 cm³/mol. The van der Waals surface area contributed by atoms with Gasteiger partial charge in [0.15, 0.2) is 9.84 Å². The minimum atomic E-state index is -3.34. The van der Waals surface area contributed by atoms with Crippen molar-refractivity contribution in [1.82, 2.24) is 10.3 Å². The van der Waals surface area contributed by atoms with Crippen molar-refractivity contribution >= 4 is 32.9 Å². The van der Waals surface area contributed by atoms with Crippen LogP contribution in [0.2, 0.25) is 5.02 Å². The fourth-order valence-corrected chi connectivity index (χ4v) is 6.10. The van der Waals surface area contributed by atoms with Gasteiger partial charge in [0, 0.05) is 23.7 Å². The molecule has 1 amide bonds. The van der Waals surface area contributed by atoms with Crippen LogP contribution >= 0.6 is 11.6 Å². The smallest absolute Gasteiger partial charge is 0.267 e. The zero-order chi connectivity index (χ0) is 21.3. The largest absolute Gasteiger partial charge is 0.350 e. The summed E-state index contributed by atoms with van der Waals surface area (Å²) in [6, 6.07) is 9.81. The summed E-state index contributed by atoms with van der Waals surface area (Å²) >= 11 is 5.87. The van der Waals surface area contributed by atoms with Gasteiger partial charge in [-0.3, -0.25) is 9.59 Å². The molecule has 1 aliphatic heterocycles. The van der Waals surface area contributed by atoms with Gasteiger partial charge in [-0.25, -0.2) is 8.42 Å². The first kappa shape index (κ1) is 20.9. The molecule has 2 N–H and O–H groups in total. The quantitative estimate of drug-likeness (QED) is 0.735. The zero-order valence-electron chi connectivity index (χ0n) is 16.4. The van der Waals surface area contributed by atoms with E-state index in [9.17, 15) is 18.0 Å². The Bertz CT molecular complexity index is 1150. The summed E-state index contributed by atoms with van der Waals surface area (Å²) in [4.78, 5) is 26.7. The highest BCUT2D eigenvalue weighted by atomic mass is 35.5. The number of halogens is 1. The maximum Gasteiger partial charge on any atom is 0.267 e. The van der Waals surface area contributed by atoms with E-state index >= 15 is 0 Å². The van der Waals surface area contributed by atoms with Crippen LogP contribution < -0.4 is 10.9 Å². The van der Waals surface area contributed by atoms with E-state index in [2.05, 4.69) is 10.3 Å². The standard InChI is InChI=1S/C22H23ClN2O4S/c23-19-10-11-20(25-22(19)27)18(13-15-7-12-21(26)24-15)14-5-8-17(9-6-14)30(28,29)16-3-1-2-4-16/h5-6,8-11,13,15-16H,1-4,7,12H2,(H,24,26)(H,25,27)/b18-13-/t15-/m1/s1. The first-order valence-corrected chi connectivity index (χ1v) is 12.0. The van der Waals surface area contributed by atoms with Crippen molar-refractivity contribution in [3.8, 4) is 0 Å². The average molecular weight is 447 g/mol. The number of H-pyrrole nitrogens is 1. The van der Waals surface area contributed by atoms with Crippen molar-refractivity contribution in [3.05, 3.63) is 69.1 Å². The number of carbonyl (C=O) groups is 1. The van der Waals surface area contributed by atoms with Crippen molar-refractivity contribution in [2.75, 3.05) is 0 Å². The van der Waals surface area contributed by atoms with Crippen molar-refractivity contribution in [1.29, 1.82) is 0 Å². The number of carbonyl (C=O) groups excluding carboxylic acids is 1. The number of aromatic amines is 1. The molecule has 1 atom stereocenters. The number of benzene rings is 1. The minimum absolute atomic E-state index is 0.0156. The van der Waals surface area contributed by atoms with Crippen LogP contribution in [0, 0.1) is 0 Å². The Balaban J connectivity index is 1.71. The first-order valence-electron chi connectivity index (χ1n) is 10.1. The molecule has 1 saturated heterocycles. The van der Waals surface area contributed by atoms with Crippen LogP contribution in [0.25, 0.3) is 5.57 Å². The van der Waals surface area contributed by atoms with Gasteiger partial charge in [0.2, 0.25) is 5.91 Å². The van der Waals surface area contributed by atoms with E-state index in [0.717, 1.165) is 18.4 Å². The fraction of sp³-hybridized carbons (Fsp3) is 0.364. The number of rotatable bonds is 5. The van der Waals surface area contributed by atoms with Crippen LogP contribution in [0.1, 0.15) is 49.8 Å². The highest BCUT2D eigenvalue weighted by molar-refractivity contribution is 7.92. The molecule has 158 valence electrons. The van der Waals surface area contributed by atoms with Crippen LogP contribution in [-0.4, -0.2) is 30.6 Å². The van der Waals surface area contributed by atoms with Gasteiger partial charge < -0.3 is 10.3 Å². The molecule has 0 bridgehead atoms. The van der Waals surface area contributed by atoms with E-state index in [1.807, 2.05) is 6.08 Å². The summed E-state index contributed by atoms with van der Waals surface area (Å²) in [7, 11) is -3.34. The molecule has 0 radical (unpaired) electrons. The lowest BCUT2D eigenvalue weighted by Gasteiger charge is -2.14. The van der Waals surface area contributed by atoms with E-state index < -0.39 is 15.4 Å². The van der Waals surface area contributed by atoms with Gasteiger partial charge in [0.25, 0.3) is 5.56 Å². The number of nitrogens with one attached hydrogen (secondary N) is 2. The summed E-state index contributed by atoms with van der Waals surface area (Å²) in [6.45, 7) is 0. The molecule has 4 rings (SSSR count). The molecule has 0 unspecified atom stereocenters. The summed E-state index contributed by atoms with van der Waals surface area (Å²) in [5.41, 5.74) is 1.60. The Morgan fingerprint density at radius 1 is 1.00 bits per heavy atom. The van der Waals surface area contributed by atoms with Crippen molar-refractivity contribution in [3.63, 3.8) is 0 Å². The van der Waals surface area contributed by atoms with Gasteiger partial charge in [-0.1, -0.05) is 42.7 Å². The molecule has 2 aliphatic rings. The number of sulfone groups is 1. The van der Waals surface area contributed by atoms with Gasteiger partial charge >= 0.3 is 0 Å². The third kappa shape index (κ3) is 4.23. The number of amides is 1. The Kier molecular flexibility index (Phi) is 5.84. The van der Waals surface area contributed by atoms with E-state index in [1.54, 1.807) is 30.3 Å². The minimum Gasteiger partial charge on any atom is -0.350 e. The second-order valence-electron chi connectivity index (χ2n) is 7.82. The molecular formula is C22H23ClN2O4S. The van der Waals surface area contributed by atoms with E-state index in [-0.39, 0.29) is 22.2 Å². The number of hydrogen-bond donors (Lipinski definition) is 2. The number of aromatic nitrogens is 1. The van der Waals surface area contributed by atoms with Crippen LogP contribution in [-0.2, 0) is 14.6 Å². The van der Waals surface area contributed by atoms with E-state index in [0.29, 0.717) is 41.8 Å². The summed E-state index contributed by atoms with van der Waals surface area (Å²) in [5, 5.41) is 2.68. The Morgan fingerprint density at radius 2 is 1.70 bits per heavy atom. The number of hydrogen-bond acceptors (Lipinski definition) is 4. The maximum atomic E-state index is 12.9. The lowest BCUT2D eigenvalue weighted by Crippen LogP contribution is -2.23. The van der Waals surface area contributed by atoms with Gasteiger partial charge in [0.05, 0.1) is 10.1 Å². The molecule has 2 heterocycles. The van der Waals surface area contributed by atoms with Gasteiger partial charge in [0.1, 0.15) is 5.02 Å². The molecule has 8 heteroatoms. The predicted octanol–water partition coefficient (Wildman–Crippen LogP) is 3.45. The molecule has 2 aromatic rings. The Hall–Kier alpha value is -2.38. The van der Waals surface area contributed by atoms with Crippen LogP contribution in [0.4, 0.5) is 0 Å². The number of pyridine rings is 1. The van der Waals surface area contributed by atoms with Gasteiger partial charge in [-0.15, -0.1) is 0 Å². The molecule has 30 heavy (non-hydrogen) atoms. The summed E-state index contributed by atoms with van der Waals surface area (Å²) in [5.74, 6) is -0.0156. The lowest BCUT2D eigenvalue weighted by molar-refractivity contribution is -0.119. The molecular weight excluding hydrogens is 424 g/mol. The highest BCUT2D eigenvalue weighted by Gasteiger charge is 2.30. The highest BCUT2D eigenvalue weighted by Crippen LogP contribution is 2.31. The first-order chi connectivity index (χ1) is 14.3. The molecule has 0 spiro atoms. The third-order valence-corrected chi connectivity index (χ3v) is 8.36. The third-order valence-electron chi connectivity index (χ3n) is 5.78. The molecule has 6 nitrogen and oxygen atoms in total. The SMILES string of the molecule is O=C1CC[C@H](/C=C(/c2ccc(S(=O)(=O)C3CCCC3)cc2)c2ccc(Cl)c(=O)[nH]2)N1. The van der Waals surface area contributed by atoms with Gasteiger partial charge in [-0.05, 0) is 49.1 Å². The lowest BCUT2D eigenvalue weighted by atomic mass is 9.99. The van der Waals surface area contributed by atoms with Crippen LogP contribution in [0.5, 0.6) is 0 Å². The second-order valence-corrected chi connectivity index (χ2v) is 10.5. The Morgan fingerprint density at radius 3 is 2.30 bits per heavy atom. The zero-order valence-corrected chi connectivity index (χ0v) is 17.9. The Labute approximate surface area is 180 Å². The normalized spacial score (nSPS) is 20.5. The van der Waals surface area contributed by atoms with Crippen molar-refractivity contribution in [2.24, 2.45) is 0 Å². The molecule has 1 aliphatic carbocycles. The maximum absolute atomic E-state index is 12.9.